The second kappa shape index (κ2) is 5.75. The van der Waals surface area contributed by atoms with E-state index in [1.54, 1.807) is 26.0 Å². The number of nitrogens with zero attached hydrogens (tertiary/aromatic N) is 1. The fourth-order valence-corrected chi connectivity index (χ4v) is 1.08. The number of carbonyl (C=O) groups is 1. The van der Waals surface area contributed by atoms with Crippen molar-refractivity contribution in [2.45, 2.75) is 13.8 Å². The molecule has 5 nitrogen and oxygen atoms in total. The second-order valence-corrected chi connectivity index (χ2v) is 3.15. The SMILES string of the molecule is CCOC(=O)N/N=C(/C)c1ccc(N)cc1. The van der Waals surface area contributed by atoms with Crippen LogP contribution < -0.4 is 11.2 Å². The monoisotopic (exact) mass is 221 g/mol. The van der Waals surface area contributed by atoms with E-state index in [0.717, 1.165) is 5.56 Å². The molecule has 1 rings (SSSR count). The van der Waals surface area contributed by atoms with Crippen molar-refractivity contribution >= 4 is 17.5 Å². The van der Waals surface area contributed by atoms with E-state index in [1.807, 2.05) is 12.1 Å². The summed E-state index contributed by atoms with van der Waals surface area (Å²) in [5.74, 6) is 0. The molecule has 0 unspecified atom stereocenters. The summed E-state index contributed by atoms with van der Waals surface area (Å²) in [6.45, 7) is 3.84. The largest absolute Gasteiger partial charge is 0.449 e. The van der Waals surface area contributed by atoms with Crippen molar-refractivity contribution in [1.82, 2.24) is 5.43 Å². The molecule has 0 aliphatic heterocycles. The lowest BCUT2D eigenvalue weighted by Crippen LogP contribution is -2.20. The van der Waals surface area contributed by atoms with Crippen LogP contribution in [0.5, 0.6) is 0 Å². The number of nitrogen functional groups attached to an aromatic ring is 1. The lowest BCUT2D eigenvalue weighted by molar-refractivity contribution is 0.152. The number of carbonyl (C=O) groups excluding carboxylic acids is 1. The minimum absolute atomic E-state index is 0.322. The summed E-state index contributed by atoms with van der Waals surface area (Å²) >= 11 is 0. The van der Waals surface area contributed by atoms with Gasteiger partial charge in [0.1, 0.15) is 0 Å². The van der Waals surface area contributed by atoms with Gasteiger partial charge in [-0.1, -0.05) is 12.1 Å². The molecule has 86 valence electrons. The van der Waals surface area contributed by atoms with Gasteiger partial charge < -0.3 is 10.5 Å². The number of anilines is 1. The third-order valence-electron chi connectivity index (χ3n) is 1.92. The van der Waals surface area contributed by atoms with Gasteiger partial charge in [0, 0.05) is 5.69 Å². The Kier molecular flexibility index (Phi) is 4.32. The lowest BCUT2D eigenvalue weighted by atomic mass is 10.1. The summed E-state index contributed by atoms with van der Waals surface area (Å²) < 4.78 is 4.67. The van der Waals surface area contributed by atoms with Gasteiger partial charge in [-0.05, 0) is 31.5 Å². The first kappa shape index (κ1) is 12.0. The summed E-state index contributed by atoms with van der Waals surface area (Å²) in [7, 11) is 0. The molecule has 0 spiro atoms. The molecule has 0 aliphatic carbocycles. The van der Waals surface area contributed by atoms with Gasteiger partial charge in [-0.3, -0.25) is 0 Å². The first-order valence-electron chi connectivity index (χ1n) is 4.96. The Hall–Kier alpha value is -2.04. The van der Waals surface area contributed by atoms with Gasteiger partial charge in [0.2, 0.25) is 0 Å². The maximum Gasteiger partial charge on any atom is 0.427 e. The smallest absolute Gasteiger partial charge is 0.427 e. The van der Waals surface area contributed by atoms with Crippen molar-refractivity contribution in [1.29, 1.82) is 0 Å². The van der Waals surface area contributed by atoms with Crippen LogP contribution in [0.25, 0.3) is 0 Å². The Morgan fingerprint density at radius 3 is 2.62 bits per heavy atom. The van der Waals surface area contributed by atoms with Crippen LogP contribution in [-0.2, 0) is 4.74 Å². The van der Waals surface area contributed by atoms with Gasteiger partial charge >= 0.3 is 6.09 Å². The maximum atomic E-state index is 11.0. The summed E-state index contributed by atoms with van der Waals surface area (Å²) in [6, 6.07) is 7.22. The molecule has 1 amide bonds. The molecule has 16 heavy (non-hydrogen) atoms. The van der Waals surface area contributed by atoms with Gasteiger partial charge in [-0.15, -0.1) is 0 Å². The first-order valence-corrected chi connectivity index (χ1v) is 4.96. The first-order chi connectivity index (χ1) is 7.63. The van der Waals surface area contributed by atoms with Crippen LogP contribution in [-0.4, -0.2) is 18.4 Å². The molecule has 0 bridgehead atoms. The lowest BCUT2D eigenvalue weighted by Gasteiger charge is -2.03. The molecule has 0 radical (unpaired) electrons. The third kappa shape index (κ3) is 3.61. The number of rotatable bonds is 3. The molecule has 0 heterocycles. The molecule has 0 fully saturated rings. The van der Waals surface area contributed by atoms with Crippen LogP contribution in [0.15, 0.2) is 29.4 Å². The van der Waals surface area contributed by atoms with E-state index in [2.05, 4.69) is 15.3 Å². The Balaban J connectivity index is 2.63. The highest BCUT2D eigenvalue weighted by atomic mass is 16.5. The fraction of sp³-hybridized carbons (Fsp3) is 0.273. The van der Waals surface area contributed by atoms with Gasteiger partial charge in [-0.2, -0.15) is 5.10 Å². The molecule has 1 aromatic carbocycles. The summed E-state index contributed by atoms with van der Waals surface area (Å²) in [4.78, 5) is 11.0. The second-order valence-electron chi connectivity index (χ2n) is 3.15. The molecular weight excluding hydrogens is 206 g/mol. The number of ether oxygens (including phenoxy) is 1. The van der Waals surface area contributed by atoms with Crippen molar-refractivity contribution in [2.24, 2.45) is 5.10 Å². The molecule has 0 saturated carbocycles. The topological polar surface area (TPSA) is 76.7 Å². The van der Waals surface area contributed by atoms with Gasteiger partial charge in [0.05, 0.1) is 12.3 Å². The number of nitrogens with one attached hydrogen (secondary N) is 1. The Labute approximate surface area is 94.3 Å². The molecule has 0 aliphatic rings. The van der Waals surface area contributed by atoms with E-state index in [4.69, 9.17) is 5.73 Å². The summed E-state index contributed by atoms with van der Waals surface area (Å²) in [6.07, 6.45) is -0.558. The highest BCUT2D eigenvalue weighted by Gasteiger charge is 2.00. The van der Waals surface area contributed by atoms with E-state index in [1.165, 1.54) is 0 Å². The third-order valence-corrected chi connectivity index (χ3v) is 1.92. The predicted octanol–water partition coefficient (Wildman–Crippen LogP) is 1.74. The number of benzene rings is 1. The van der Waals surface area contributed by atoms with Crippen LogP contribution >= 0.6 is 0 Å². The molecule has 3 N–H and O–H groups in total. The van der Waals surface area contributed by atoms with Crippen molar-refractivity contribution in [3.05, 3.63) is 29.8 Å². The number of hydrogen-bond donors (Lipinski definition) is 2. The van der Waals surface area contributed by atoms with Gasteiger partial charge in [-0.25, -0.2) is 10.2 Å². The van der Waals surface area contributed by atoms with Gasteiger partial charge in [0.25, 0.3) is 0 Å². The standard InChI is InChI=1S/C11H15N3O2/c1-3-16-11(15)14-13-8(2)9-4-6-10(12)7-5-9/h4-7H,3,12H2,1-2H3,(H,14,15)/b13-8-. The van der Waals surface area contributed by atoms with Crippen molar-refractivity contribution in [3.8, 4) is 0 Å². The minimum atomic E-state index is -0.558. The Morgan fingerprint density at radius 1 is 1.44 bits per heavy atom. The number of nitrogens with two attached hydrogens (primary N) is 1. The average Bonchev–Trinajstić information content (AvgIpc) is 2.27. The zero-order valence-electron chi connectivity index (χ0n) is 9.36. The highest BCUT2D eigenvalue weighted by molar-refractivity contribution is 5.99. The van der Waals surface area contributed by atoms with Crippen LogP contribution in [0, 0.1) is 0 Å². The van der Waals surface area contributed by atoms with Crippen molar-refractivity contribution < 1.29 is 9.53 Å². The van der Waals surface area contributed by atoms with Crippen LogP contribution in [0.3, 0.4) is 0 Å². The molecular formula is C11H15N3O2. The minimum Gasteiger partial charge on any atom is -0.449 e. The molecule has 0 aromatic heterocycles. The van der Waals surface area contributed by atoms with Crippen molar-refractivity contribution in [2.75, 3.05) is 12.3 Å². The van der Waals surface area contributed by atoms with Crippen LogP contribution in [0.1, 0.15) is 19.4 Å². The van der Waals surface area contributed by atoms with E-state index >= 15 is 0 Å². The Morgan fingerprint density at radius 2 is 2.06 bits per heavy atom. The molecule has 1 aromatic rings. The highest BCUT2D eigenvalue weighted by Crippen LogP contribution is 2.06. The summed E-state index contributed by atoms with van der Waals surface area (Å²) in [5.41, 5.74) is 10.1. The van der Waals surface area contributed by atoms with Crippen LogP contribution in [0.4, 0.5) is 10.5 Å². The normalized spacial score (nSPS) is 11.0. The molecule has 0 atom stereocenters. The van der Waals surface area contributed by atoms with Crippen LogP contribution in [0.2, 0.25) is 0 Å². The zero-order chi connectivity index (χ0) is 12.0. The van der Waals surface area contributed by atoms with Gasteiger partial charge in [0.15, 0.2) is 0 Å². The van der Waals surface area contributed by atoms with Crippen molar-refractivity contribution in [3.63, 3.8) is 0 Å². The maximum absolute atomic E-state index is 11.0. The zero-order valence-corrected chi connectivity index (χ0v) is 9.36. The molecule has 0 saturated heterocycles. The number of hydrogen-bond acceptors (Lipinski definition) is 4. The summed E-state index contributed by atoms with van der Waals surface area (Å²) in [5, 5.41) is 3.89. The number of hydrazone groups is 1. The Bertz CT molecular complexity index is 385. The number of amides is 1. The quantitative estimate of drug-likeness (QED) is 0.463. The van der Waals surface area contributed by atoms with E-state index in [0.29, 0.717) is 18.0 Å². The average molecular weight is 221 g/mol. The van der Waals surface area contributed by atoms with E-state index in [9.17, 15) is 4.79 Å². The van der Waals surface area contributed by atoms with E-state index < -0.39 is 6.09 Å². The fourth-order valence-electron chi connectivity index (χ4n) is 1.08. The van der Waals surface area contributed by atoms with E-state index in [-0.39, 0.29) is 0 Å². The molecule has 5 heteroatoms. The predicted molar refractivity (Wildman–Crippen MR) is 63.2 cm³/mol.